The van der Waals surface area contributed by atoms with Crippen molar-refractivity contribution in [2.75, 3.05) is 26.2 Å². The number of rotatable bonds is 9. The normalized spacial score (nSPS) is 11.4. The molecule has 0 aliphatic carbocycles. The van der Waals surface area contributed by atoms with Gasteiger partial charge in [0.2, 0.25) is 0 Å². The van der Waals surface area contributed by atoms with Crippen LogP contribution in [0.1, 0.15) is 35.3 Å². The first-order chi connectivity index (χ1) is 12.6. The molecule has 0 spiro atoms. The number of nitrogens with zero attached hydrogens (tertiary/aromatic N) is 3. The number of guanidine groups is 1. The van der Waals surface area contributed by atoms with E-state index in [4.69, 9.17) is 4.42 Å². The standard InChI is InChI=1S/C18H28N6O2/c1-4-19-18(21-8-6-11-24-15(3)13-14(2)23-24)22-10-9-20-17(25)16-7-5-12-26-16/h5,7,12-13H,4,6,8-11H2,1-3H3,(H,20,25)(H2,19,21,22). The summed E-state index contributed by atoms with van der Waals surface area (Å²) < 4.78 is 7.06. The lowest BCUT2D eigenvalue weighted by molar-refractivity contribution is 0.0926. The van der Waals surface area contributed by atoms with Crippen LogP contribution in [0, 0.1) is 13.8 Å². The molecule has 3 N–H and O–H groups in total. The average molecular weight is 360 g/mol. The second kappa shape index (κ2) is 10.3. The number of carbonyl (C=O) groups excluding carboxylic acids is 1. The van der Waals surface area contributed by atoms with Crippen LogP contribution in [0.5, 0.6) is 0 Å². The van der Waals surface area contributed by atoms with Crippen molar-refractivity contribution in [3.8, 4) is 0 Å². The van der Waals surface area contributed by atoms with Crippen LogP contribution in [0.3, 0.4) is 0 Å². The molecule has 0 bridgehead atoms. The lowest BCUT2D eigenvalue weighted by Crippen LogP contribution is -2.41. The van der Waals surface area contributed by atoms with Gasteiger partial charge in [-0.1, -0.05) is 0 Å². The van der Waals surface area contributed by atoms with E-state index in [1.54, 1.807) is 12.1 Å². The lowest BCUT2D eigenvalue weighted by Gasteiger charge is -2.11. The van der Waals surface area contributed by atoms with Gasteiger partial charge < -0.3 is 20.4 Å². The number of aliphatic imine (C=N–C) groups is 1. The molecular weight excluding hydrogens is 332 g/mol. The Morgan fingerprint density at radius 1 is 1.27 bits per heavy atom. The fourth-order valence-corrected chi connectivity index (χ4v) is 2.51. The zero-order valence-corrected chi connectivity index (χ0v) is 15.7. The summed E-state index contributed by atoms with van der Waals surface area (Å²) in [5.41, 5.74) is 2.21. The smallest absolute Gasteiger partial charge is 0.287 e. The van der Waals surface area contributed by atoms with Gasteiger partial charge in [-0.15, -0.1) is 0 Å². The van der Waals surface area contributed by atoms with Crippen molar-refractivity contribution in [3.63, 3.8) is 0 Å². The van der Waals surface area contributed by atoms with E-state index in [-0.39, 0.29) is 5.91 Å². The first-order valence-electron chi connectivity index (χ1n) is 8.95. The highest BCUT2D eigenvalue weighted by Gasteiger charge is 2.07. The molecule has 2 aromatic rings. The van der Waals surface area contributed by atoms with Gasteiger partial charge in [0.05, 0.1) is 12.0 Å². The predicted octanol–water partition coefficient (Wildman–Crippen LogP) is 1.47. The Balaban J connectivity index is 1.68. The Labute approximate surface area is 154 Å². The van der Waals surface area contributed by atoms with Gasteiger partial charge in [-0.25, -0.2) is 0 Å². The SMILES string of the molecule is CCNC(=NCCCn1nc(C)cc1C)NCCNC(=O)c1ccco1. The molecule has 0 aliphatic rings. The number of furan rings is 1. The highest BCUT2D eigenvalue weighted by atomic mass is 16.3. The summed E-state index contributed by atoms with van der Waals surface area (Å²) in [4.78, 5) is 16.3. The molecule has 0 aromatic carbocycles. The maximum absolute atomic E-state index is 11.8. The molecule has 0 saturated heterocycles. The van der Waals surface area contributed by atoms with Gasteiger partial charge in [0.15, 0.2) is 11.7 Å². The van der Waals surface area contributed by atoms with Crippen LogP contribution in [0.4, 0.5) is 0 Å². The number of hydrogen-bond acceptors (Lipinski definition) is 4. The van der Waals surface area contributed by atoms with Crippen molar-refractivity contribution in [1.29, 1.82) is 0 Å². The molecule has 0 radical (unpaired) electrons. The third-order valence-electron chi connectivity index (χ3n) is 3.69. The van der Waals surface area contributed by atoms with Gasteiger partial charge in [0.25, 0.3) is 5.91 Å². The highest BCUT2D eigenvalue weighted by Crippen LogP contribution is 2.02. The van der Waals surface area contributed by atoms with Crippen LogP contribution >= 0.6 is 0 Å². The van der Waals surface area contributed by atoms with Crippen molar-refractivity contribution < 1.29 is 9.21 Å². The predicted molar refractivity (Wildman–Crippen MR) is 101 cm³/mol. The van der Waals surface area contributed by atoms with Gasteiger partial charge in [0.1, 0.15) is 0 Å². The maximum Gasteiger partial charge on any atom is 0.287 e. The molecule has 0 aliphatic heterocycles. The maximum atomic E-state index is 11.8. The zero-order valence-electron chi connectivity index (χ0n) is 15.7. The molecule has 8 heteroatoms. The molecule has 0 fully saturated rings. The van der Waals surface area contributed by atoms with E-state index in [9.17, 15) is 4.79 Å². The number of hydrogen-bond donors (Lipinski definition) is 3. The summed E-state index contributed by atoms with van der Waals surface area (Å²) in [6.07, 6.45) is 2.39. The summed E-state index contributed by atoms with van der Waals surface area (Å²) in [6.45, 7) is 9.47. The highest BCUT2D eigenvalue weighted by molar-refractivity contribution is 5.91. The number of amides is 1. The van der Waals surface area contributed by atoms with E-state index in [0.717, 1.165) is 31.2 Å². The minimum absolute atomic E-state index is 0.219. The van der Waals surface area contributed by atoms with E-state index < -0.39 is 0 Å². The quantitative estimate of drug-likeness (QED) is 0.357. The lowest BCUT2D eigenvalue weighted by atomic mass is 10.4. The van der Waals surface area contributed by atoms with E-state index in [2.05, 4.69) is 39.0 Å². The second-order valence-corrected chi connectivity index (χ2v) is 5.92. The molecule has 2 rings (SSSR count). The largest absolute Gasteiger partial charge is 0.459 e. The number of aromatic nitrogens is 2. The van der Waals surface area contributed by atoms with Crippen molar-refractivity contribution in [2.24, 2.45) is 4.99 Å². The Morgan fingerprint density at radius 3 is 2.73 bits per heavy atom. The van der Waals surface area contributed by atoms with Crippen molar-refractivity contribution in [1.82, 2.24) is 25.7 Å². The van der Waals surface area contributed by atoms with E-state index in [1.807, 2.05) is 18.5 Å². The molecule has 8 nitrogen and oxygen atoms in total. The van der Waals surface area contributed by atoms with E-state index in [0.29, 0.717) is 25.4 Å². The minimum Gasteiger partial charge on any atom is -0.459 e. The Kier molecular flexibility index (Phi) is 7.73. The molecule has 26 heavy (non-hydrogen) atoms. The topological polar surface area (TPSA) is 96.5 Å². The molecular formula is C18H28N6O2. The van der Waals surface area contributed by atoms with Gasteiger partial charge in [-0.3, -0.25) is 14.5 Å². The number of aryl methyl sites for hydroxylation is 3. The third kappa shape index (κ3) is 6.27. The zero-order chi connectivity index (χ0) is 18.8. The Hall–Kier alpha value is -2.77. The van der Waals surface area contributed by atoms with Gasteiger partial charge in [0, 0.05) is 38.4 Å². The van der Waals surface area contributed by atoms with Crippen LogP contribution in [0.15, 0.2) is 33.9 Å². The van der Waals surface area contributed by atoms with Crippen LogP contribution in [-0.4, -0.2) is 47.8 Å². The van der Waals surface area contributed by atoms with Crippen molar-refractivity contribution in [3.05, 3.63) is 41.6 Å². The summed E-state index contributed by atoms with van der Waals surface area (Å²) in [5, 5.41) is 13.6. The monoisotopic (exact) mass is 360 g/mol. The summed E-state index contributed by atoms with van der Waals surface area (Å²) in [7, 11) is 0. The molecule has 2 heterocycles. The Morgan fingerprint density at radius 2 is 2.08 bits per heavy atom. The van der Waals surface area contributed by atoms with Crippen molar-refractivity contribution in [2.45, 2.75) is 33.7 Å². The number of nitrogens with one attached hydrogen (secondary N) is 3. The van der Waals surface area contributed by atoms with E-state index >= 15 is 0 Å². The van der Waals surface area contributed by atoms with Gasteiger partial charge in [-0.05, 0) is 45.4 Å². The Bertz CT molecular complexity index is 705. The van der Waals surface area contributed by atoms with Crippen LogP contribution in [0.25, 0.3) is 0 Å². The average Bonchev–Trinajstić information content (AvgIpc) is 3.25. The minimum atomic E-state index is -0.219. The summed E-state index contributed by atoms with van der Waals surface area (Å²) in [5.74, 6) is 0.839. The fourth-order valence-electron chi connectivity index (χ4n) is 2.51. The molecule has 1 amide bonds. The summed E-state index contributed by atoms with van der Waals surface area (Å²) in [6, 6.07) is 5.40. The molecule has 0 unspecified atom stereocenters. The van der Waals surface area contributed by atoms with Crippen LogP contribution in [0.2, 0.25) is 0 Å². The summed E-state index contributed by atoms with van der Waals surface area (Å²) >= 11 is 0. The van der Waals surface area contributed by atoms with E-state index in [1.165, 1.54) is 12.0 Å². The fraction of sp³-hybridized carbons (Fsp3) is 0.500. The van der Waals surface area contributed by atoms with Gasteiger partial charge in [-0.2, -0.15) is 5.10 Å². The van der Waals surface area contributed by atoms with Crippen LogP contribution in [-0.2, 0) is 6.54 Å². The second-order valence-electron chi connectivity index (χ2n) is 5.92. The molecule has 2 aromatic heterocycles. The number of carbonyl (C=O) groups is 1. The first kappa shape index (κ1) is 19.6. The van der Waals surface area contributed by atoms with Gasteiger partial charge >= 0.3 is 0 Å². The molecule has 0 saturated carbocycles. The van der Waals surface area contributed by atoms with Crippen molar-refractivity contribution >= 4 is 11.9 Å². The van der Waals surface area contributed by atoms with Crippen LogP contribution < -0.4 is 16.0 Å². The molecule has 0 atom stereocenters. The first-order valence-corrected chi connectivity index (χ1v) is 8.95. The molecule has 142 valence electrons. The third-order valence-corrected chi connectivity index (χ3v) is 3.69.